The second-order valence-electron chi connectivity index (χ2n) is 3.14. The highest BCUT2D eigenvalue weighted by atomic mass is 35.5. The third-order valence-electron chi connectivity index (χ3n) is 2.18. The second-order valence-corrected chi connectivity index (χ2v) is 3.47. The summed E-state index contributed by atoms with van der Waals surface area (Å²) < 4.78 is 0. The molecule has 74 valence electrons. The quantitative estimate of drug-likeness (QED) is 0.447. The zero-order valence-electron chi connectivity index (χ0n) is 7.62. The zero-order valence-corrected chi connectivity index (χ0v) is 8.38. The number of imide groups is 1. The third-order valence-corrected chi connectivity index (χ3v) is 2.43. The van der Waals surface area contributed by atoms with E-state index in [2.05, 4.69) is 0 Å². The van der Waals surface area contributed by atoms with E-state index in [-0.39, 0.29) is 6.03 Å². The second kappa shape index (κ2) is 4.46. The van der Waals surface area contributed by atoms with E-state index in [1.165, 1.54) is 7.05 Å². The Morgan fingerprint density at radius 1 is 1.23 bits per heavy atom. The van der Waals surface area contributed by atoms with Crippen LogP contribution < -0.4 is 0 Å². The summed E-state index contributed by atoms with van der Waals surface area (Å²) in [6.07, 6.45) is 3.18. The number of piperidine rings is 1. The Morgan fingerprint density at radius 3 is 2.23 bits per heavy atom. The van der Waals surface area contributed by atoms with Gasteiger partial charge in [-0.2, -0.15) is 0 Å². The first kappa shape index (κ1) is 10.3. The fourth-order valence-corrected chi connectivity index (χ4v) is 1.44. The average Bonchev–Trinajstić information content (AvgIpc) is 2.17. The van der Waals surface area contributed by atoms with E-state index >= 15 is 0 Å². The van der Waals surface area contributed by atoms with Crippen molar-refractivity contribution in [3.05, 3.63) is 0 Å². The number of halogens is 1. The van der Waals surface area contributed by atoms with E-state index in [1.54, 1.807) is 4.90 Å². The van der Waals surface area contributed by atoms with Gasteiger partial charge in [0.1, 0.15) is 0 Å². The Morgan fingerprint density at radius 2 is 1.77 bits per heavy atom. The molecule has 0 saturated carbocycles. The fraction of sp³-hybridized carbons (Fsp3) is 0.750. The van der Waals surface area contributed by atoms with Crippen LogP contribution in [0.25, 0.3) is 0 Å². The van der Waals surface area contributed by atoms with Gasteiger partial charge in [-0.3, -0.25) is 9.69 Å². The first-order valence-electron chi connectivity index (χ1n) is 4.35. The molecule has 0 atom stereocenters. The maximum atomic E-state index is 11.5. The largest absolute Gasteiger partial charge is 0.327 e. The molecule has 0 aliphatic carbocycles. The molecule has 5 heteroatoms. The monoisotopic (exact) mass is 204 g/mol. The maximum absolute atomic E-state index is 11.5. The third kappa shape index (κ3) is 2.59. The van der Waals surface area contributed by atoms with Crippen LogP contribution in [0.4, 0.5) is 9.59 Å². The Balaban J connectivity index is 2.50. The van der Waals surface area contributed by atoms with Crippen molar-refractivity contribution in [1.29, 1.82) is 0 Å². The van der Waals surface area contributed by atoms with Gasteiger partial charge in [0, 0.05) is 20.1 Å². The topological polar surface area (TPSA) is 40.6 Å². The lowest BCUT2D eigenvalue weighted by atomic mass is 10.1. The number of carbonyl (C=O) groups excluding carboxylic acids is 2. The molecule has 1 aliphatic heterocycles. The van der Waals surface area contributed by atoms with Gasteiger partial charge in [-0.05, 0) is 30.9 Å². The number of rotatable bonds is 0. The average molecular weight is 205 g/mol. The van der Waals surface area contributed by atoms with Crippen LogP contribution in [0.2, 0.25) is 0 Å². The van der Waals surface area contributed by atoms with Gasteiger partial charge in [0.05, 0.1) is 0 Å². The minimum Gasteiger partial charge on any atom is -0.324 e. The van der Waals surface area contributed by atoms with Crippen molar-refractivity contribution in [2.45, 2.75) is 19.3 Å². The van der Waals surface area contributed by atoms with Crippen molar-refractivity contribution in [2.75, 3.05) is 20.1 Å². The molecule has 3 amide bonds. The molecule has 1 saturated heterocycles. The Labute approximate surface area is 82.4 Å². The molecule has 13 heavy (non-hydrogen) atoms. The number of urea groups is 1. The van der Waals surface area contributed by atoms with Gasteiger partial charge in [0.2, 0.25) is 0 Å². The first-order chi connectivity index (χ1) is 6.13. The molecule has 0 aromatic rings. The first-order valence-corrected chi connectivity index (χ1v) is 4.73. The molecule has 1 fully saturated rings. The van der Waals surface area contributed by atoms with Gasteiger partial charge in [-0.25, -0.2) is 4.79 Å². The van der Waals surface area contributed by atoms with E-state index in [0.717, 1.165) is 37.3 Å². The van der Waals surface area contributed by atoms with Crippen LogP contribution in [0.3, 0.4) is 0 Å². The van der Waals surface area contributed by atoms with Gasteiger partial charge in [-0.15, -0.1) is 0 Å². The van der Waals surface area contributed by atoms with Gasteiger partial charge in [-0.1, -0.05) is 0 Å². The summed E-state index contributed by atoms with van der Waals surface area (Å²) in [6.45, 7) is 1.46. The molecule has 0 N–H and O–H groups in total. The number of amides is 3. The van der Waals surface area contributed by atoms with Crippen LogP contribution in [0.5, 0.6) is 0 Å². The minimum atomic E-state index is -0.726. The SMILES string of the molecule is CN(C(=O)Cl)C(=O)N1CCCCC1. The summed E-state index contributed by atoms with van der Waals surface area (Å²) >= 11 is 5.18. The summed E-state index contributed by atoms with van der Waals surface area (Å²) in [5.74, 6) is 0. The van der Waals surface area contributed by atoms with Crippen molar-refractivity contribution in [3.63, 3.8) is 0 Å². The molecule has 1 rings (SSSR count). The van der Waals surface area contributed by atoms with Crippen molar-refractivity contribution < 1.29 is 9.59 Å². The molecule has 0 radical (unpaired) electrons. The van der Waals surface area contributed by atoms with E-state index in [0.29, 0.717) is 0 Å². The van der Waals surface area contributed by atoms with Gasteiger partial charge < -0.3 is 4.90 Å². The Hall–Kier alpha value is -0.770. The highest BCUT2D eigenvalue weighted by Crippen LogP contribution is 2.11. The molecule has 0 aromatic heterocycles. The van der Waals surface area contributed by atoms with Crippen molar-refractivity contribution in [3.8, 4) is 0 Å². The highest BCUT2D eigenvalue weighted by Gasteiger charge is 2.22. The summed E-state index contributed by atoms with van der Waals surface area (Å²) in [5, 5.41) is -0.726. The van der Waals surface area contributed by atoms with Crippen LogP contribution in [-0.4, -0.2) is 41.3 Å². The summed E-state index contributed by atoms with van der Waals surface area (Å²) in [4.78, 5) is 24.8. The van der Waals surface area contributed by atoms with Crippen molar-refractivity contribution >= 4 is 23.0 Å². The molecule has 0 bridgehead atoms. The molecule has 0 spiro atoms. The lowest BCUT2D eigenvalue weighted by Crippen LogP contribution is -2.44. The Kier molecular flexibility index (Phi) is 3.54. The summed E-state index contributed by atoms with van der Waals surface area (Å²) in [7, 11) is 1.40. The smallest absolute Gasteiger partial charge is 0.324 e. The van der Waals surface area contributed by atoms with Crippen LogP contribution in [0.15, 0.2) is 0 Å². The predicted octanol–water partition coefficient (Wildman–Crippen LogP) is 1.88. The zero-order chi connectivity index (χ0) is 9.84. The van der Waals surface area contributed by atoms with E-state index in [9.17, 15) is 9.59 Å². The van der Waals surface area contributed by atoms with Gasteiger partial charge in [0.25, 0.3) is 0 Å². The fourth-order valence-electron chi connectivity index (χ4n) is 1.37. The van der Waals surface area contributed by atoms with Crippen LogP contribution in [-0.2, 0) is 0 Å². The van der Waals surface area contributed by atoms with Crippen molar-refractivity contribution in [1.82, 2.24) is 9.80 Å². The number of hydrogen-bond acceptors (Lipinski definition) is 2. The van der Waals surface area contributed by atoms with E-state index < -0.39 is 5.37 Å². The lowest BCUT2D eigenvalue weighted by Gasteiger charge is -2.29. The molecular formula is C8H13ClN2O2. The normalized spacial score (nSPS) is 16.9. The van der Waals surface area contributed by atoms with Crippen LogP contribution in [0.1, 0.15) is 19.3 Å². The molecule has 1 heterocycles. The molecule has 0 aromatic carbocycles. The lowest BCUT2D eigenvalue weighted by molar-refractivity contribution is 0.160. The minimum absolute atomic E-state index is 0.292. The molecule has 4 nitrogen and oxygen atoms in total. The number of carbonyl (C=O) groups is 2. The molecule has 0 unspecified atom stereocenters. The maximum Gasteiger partial charge on any atom is 0.327 e. The number of nitrogens with zero attached hydrogens (tertiary/aromatic N) is 2. The van der Waals surface area contributed by atoms with Crippen LogP contribution >= 0.6 is 11.6 Å². The molecular weight excluding hydrogens is 192 g/mol. The van der Waals surface area contributed by atoms with Gasteiger partial charge >= 0.3 is 11.4 Å². The van der Waals surface area contributed by atoms with E-state index in [4.69, 9.17) is 11.6 Å². The van der Waals surface area contributed by atoms with Gasteiger partial charge in [0.15, 0.2) is 0 Å². The van der Waals surface area contributed by atoms with Crippen LogP contribution in [0, 0.1) is 0 Å². The number of likely N-dealkylation sites (tertiary alicyclic amines) is 1. The van der Waals surface area contributed by atoms with Crippen molar-refractivity contribution in [2.24, 2.45) is 0 Å². The predicted molar refractivity (Wildman–Crippen MR) is 49.8 cm³/mol. The summed E-state index contributed by atoms with van der Waals surface area (Å²) in [5.41, 5.74) is 0. The standard InChI is InChI=1S/C8H13ClN2O2/c1-10(7(9)12)8(13)11-5-3-2-4-6-11/h2-6H2,1H3. The Bertz CT molecular complexity index is 214. The molecule has 1 aliphatic rings. The summed E-state index contributed by atoms with van der Waals surface area (Å²) in [6, 6.07) is -0.292. The number of hydrogen-bond donors (Lipinski definition) is 0. The van der Waals surface area contributed by atoms with E-state index in [1.807, 2.05) is 0 Å². The highest BCUT2D eigenvalue weighted by molar-refractivity contribution is 6.63.